The number of ether oxygens (including phenoxy) is 4. The van der Waals surface area contributed by atoms with Crippen molar-refractivity contribution in [2.45, 2.75) is 44.3 Å². The Bertz CT molecular complexity index is 1660. The number of rotatable bonds is 5. The van der Waals surface area contributed by atoms with Crippen LogP contribution in [-0.2, 0) is 43.7 Å². The van der Waals surface area contributed by atoms with Gasteiger partial charge in [-0.25, -0.2) is 9.78 Å². The number of carbonyl (C=O) groups excluding carboxylic acids is 2. The lowest BCUT2D eigenvalue weighted by atomic mass is 9.85. The molecule has 3 aliphatic rings. The molecule has 0 fully saturated rings. The summed E-state index contributed by atoms with van der Waals surface area (Å²) in [6.45, 7) is 1.41. The van der Waals surface area contributed by atoms with Crippen molar-refractivity contribution in [3.63, 3.8) is 0 Å². The molecule has 0 aliphatic carbocycles. The van der Waals surface area contributed by atoms with Crippen LogP contribution in [0.25, 0.3) is 22.3 Å². The molecule has 10 nitrogen and oxygen atoms in total. The Hall–Kier alpha value is -3.77. The maximum atomic E-state index is 13.7. The van der Waals surface area contributed by atoms with Crippen molar-refractivity contribution in [1.29, 1.82) is 0 Å². The van der Waals surface area contributed by atoms with E-state index in [9.17, 15) is 23.2 Å². The van der Waals surface area contributed by atoms with Gasteiger partial charge in [-0.2, -0.15) is 0 Å². The predicted octanol–water partition coefficient (Wildman–Crippen LogP) is 3.25. The summed E-state index contributed by atoms with van der Waals surface area (Å²) in [5.41, 5.74) is 0.486. The highest BCUT2D eigenvalue weighted by Crippen LogP contribution is 2.46. The zero-order chi connectivity index (χ0) is 27.9. The molecule has 0 saturated carbocycles. The molecule has 3 aliphatic heterocycles. The summed E-state index contributed by atoms with van der Waals surface area (Å²) in [6, 6.07) is 4.34. The molecule has 2 aromatic heterocycles. The predicted molar refractivity (Wildman–Crippen MR) is 133 cm³/mol. The Balaban J connectivity index is 1.55. The maximum absolute atomic E-state index is 13.7. The average Bonchev–Trinajstić information content (AvgIpc) is 3.38. The SMILES string of the molecule is CCC1(OC(=O)CN(C)C)C(=O)OCc2c1cc1n(c2=O)Cc2c-1nc1cc3c(cc1c2CCl)OC(F)(F)O3. The number of hydrogen-bond donors (Lipinski definition) is 0. The number of fused-ring (bicyclic) bond motifs is 6. The van der Waals surface area contributed by atoms with Crippen LogP contribution in [0.4, 0.5) is 8.78 Å². The van der Waals surface area contributed by atoms with Gasteiger partial charge in [0.1, 0.15) is 6.61 Å². The molecule has 0 N–H and O–H groups in total. The molecule has 0 amide bonds. The third-order valence-electron chi connectivity index (χ3n) is 7.16. The third kappa shape index (κ3) is 3.76. The molecule has 0 saturated heterocycles. The van der Waals surface area contributed by atoms with Gasteiger partial charge in [-0.1, -0.05) is 6.92 Å². The average molecular weight is 562 g/mol. The quantitative estimate of drug-likeness (QED) is 0.268. The fourth-order valence-corrected chi connectivity index (χ4v) is 5.71. The molecule has 0 bridgehead atoms. The minimum absolute atomic E-state index is 0.00247. The first kappa shape index (κ1) is 25.5. The van der Waals surface area contributed by atoms with Crippen LogP contribution in [-0.4, -0.2) is 53.3 Å². The second kappa shape index (κ2) is 8.62. The number of pyridine rings is 2. The lowest BCUT2D eigenvalue weighted by Crippen LogP contribution is -2.48. The monoisotopic (exact) mass is 561 g/mol. The fraction of sp³-hybridized carbons (Fsp3) is 0.385. The summed E-state index contributed by atoms with van der Waals surface area (Å²) in [4.78, 5) is 45.7. The van der Waals surface area contributed by atoms with Crippen LogP contribution >= 0.6 is 11.6 Å². The van der Waals surface area contributed by atoms with Crippen LogP contribution in [0.5, 0.6) is 11.5 Å². The summed E-state index contributed by atoms with van der Waals surface area (Å²) >= 11 is 6.33. The van der Waals surface area contributed by atoms with E-state index in [1.54, 1.807) is 32.0 Å². The van der Waals surface area contributed by atoms with E-state index in [1.165, 1.54) is 16.7 Å². The van der Waals surface area contributed by atoms with Crippen LogP contribution in [0.3, 0.4) is 0 Å². The van der Waals surface area contributed by atoms with Crippen LogP contribution in [0.2, 0.25) is 0 Å². The molecule has 6 rings (SSSR count). The molecule has 1 atom stereocenters. The number of hydrogen-bond acceptors (Lipinski definition) is 9. The van der Waals surface area contributed by atoms with Crippen molar-refractivity contribution in [2.24, 2.45) is 0 Å². The van der Waals surface area contributed by atoms with Gasteiger partial charge in [0.25, 0.3) is 5.56 Å². The summed E-state index contributed by atoms with van der Waals surface area (Å²) < 4.78 is 49.1. The number of benzene rings is 1. The first-order valence-corrected chi connectivity index (χ1v) is 12.6. The van der Waals surface area contributed by atoms with Gasteiger partial charge in [0.15, 0.2) is 11.5 Å². The lowest BCUT2D eigenvalue weighted by Gasteiger charge is -2.35. The van der Waals surface area contributed by atoms with E-state index in [0.717, 1.165) is 0 Å². The molecule has 13 heteroatoms. The maximum Gasteiger partial charge on any atom is 0.586 e. The molecular formula is C26H22ClF2N3O7. The van der Waals surface area contributed by atoms with E-state index >= 15 is 0 Å². The number of nitrogens with zero attached hydrogens (tertiary/aromatic N) is 3. The second-order valence-corrected chi connectivity index (χ2v) is 10.1. The molecule has 0 radical (unpaired) electrons. The van der Waals surface area contributed by atoms with Gasteiger partial charge in [0.05, 0.1) is 35.6 Å². The minimum Gasteiger partial charge on any atom is -0.457 e. The largest absolute Gasteiger partial charge is 0.586 e. The van der Waals surface area contributed by atoms with E-state index in [-0.39, 0.29) is 54.6 Å². The van der Waals surface area contributed by atoms with E-state index in [2.05, 4.69) is 14.5 Å². The van der Waals surface area contributed by atoms with Crippen molar-refractivity contribution in [3.8, 4) is 22.9 Å². The Morgan fingerprint density at radius 1 is 1.18 bits per heavy atom. The summed E-state index contributed by atoms with van der Waals surface area (Å²) in [7, 11) is 3.36. The number of alkyl halides is 3. The molecular weight excluding hydrogens is 540 g/mol. The minimum atomic E-state index is -3.80. The number of halogens is 3. The molecule has 1 unspecified atom stereocenters. The number of esters is 2. The van der Waals surface area contributed by atoms with Crippen molar-refractivity contribution < 1.29 is 37.3 Å². The number of likely N-dealkylation sites (N-methyl/N-ethyl adjacent to an activating group) is 1. The smallest absolute Gasteiger partial charge is 0.457 e. The van der Waals surface area contributed by atoms with Gasteiger partial charge < -0.3 is 23.5 Å². The van der Waals surface area contributed by atoms with Gasteiger partial charge >= 0.3 is 18.2 Å². The van der Waals surface area contributed by atoms with E-state index < -0.39 is 29.4 Å². The fourth-order valence-electron chi connectivity index (χ4n) is 5.40. The third-order valence-corrected chi connectivity index (χ3v) is 7.43. The highest BCUT2D eigenvalue weighted by Gasteiger charge is 2.50. The Morgan fingerprint density at radius 2 is 1.90 bits per heavy atom. The van der Waals surface area contributed by atoms with Gasteiger partial charge in [-0.15, -0.1) is 20.4 Å². The second-order valence-electron chi connectivity index (χ2n) is 9.82. The first-order chi connectivity index (χ1) is 18.5. The summed E-state index contributed by atoms with van der Waals surface area (Å²) in [5.74, 6) is -1.75. The van der Waals surface area contributed by atoms with E-state index in [1.807, 2.05) is 0 Å². The summed E-state index contributed by atoms with van der Waals surface area (Å²) in [6.07, 6.45) is -3.77. The highest BCUT2D eigenvalue weighted by atomic mass is 35.5. The first-order valence-electron chi connectivity index (χ1n) is 12.1. The lowest BCUT2D eigenvalue weighted by molar-refractivity contribution is -0.286. The topological polar surface area (TPSA) is 109 Å². The van der Waals surface area contributed by atoms with Gasteiger partial charge in [-0.3, -0.25) is 14.5 Å². The Kier molecular flexibility index (Phi) is 5.64. The van der Waals surface area contributed by atoms with Crippen LogP contribution in [0.15, 0.2) is 23.0 Å². The van der Waals surface area contributed by atoms with Crippen LogP contribution in [0, 0.1) is 0 Å². The summed E-state index contributed by atoms with van der Waals surface area (Å²) in [5, 5.41) is 0.480. The molecule has 5 heterocycles. The standard InChI is InChI=1S/C26H22ClF2N3O7/c1-4-25(39-21(33)10-31(2)3)16-6-18-22-14(9-32(18)23(34)15(16)11-36-24(25)35)13(8-27)12-5-19-20(7-17(12)30-22)38-26(28,29)37-19/h5-7H,4,8-11H2,1-3H3. The van der Waals surface area contributed by atoms with Crippen molar-refractivity contribution in [1.82, 2.24) is 14.5 Å². The Morgan fingerprint density at radius 3 is 2.56 bits per heavy atom. The van der Waals surface area contributed by atoms with Gasteiger partial charge in [0, 0.05) is 28.5 Å². The van der Waals surface area contributed by atoms with Crippen molar-refractivity contribution >= 4 is 34.4 Å². The van der Waals surface area contributed by atoms with E-state index in [0.29, 0.717) is 33.4 Å². The number of carbonyl (C=O) groups is 2. The Labute approximate surface area is 225 Å². The van der Waals surface area contributed by atoms with Crippen molar-refractivity contribution in [2.75, 3.05) is 20.6 Å². The number of aromatic nitrogens is 2. The number of cyclic esters (lactones) is 1. The van der Waals surface area contributed by atoms with Gasteiger partial charge in [-0.05, 0) is 38.2 Å². The van der Waals surface area contributed by atoms with Gasteiger partial charge in [0.2, 0.25) is 5.60 Å². The molecule has 204 valence electrons. The normalized spacial score (nSPS) is 20.0. The molecule has 39 heavy (non-hydrogen) atoms. The molecule has 3 aromatic rings. The van der Waals surface area contributed by atoms with Crippen molar-refractivity contribution in [3.05, 3.63) is 50.8 Å². The zero-order valence-electron chi connectivity index (χ0n) is 21.1. The molecule has 0 spiro atoms. The zero-order valence-corrected chi connectivity index (χ0v) is 21.9. The highest BCUT2D eigenvalue weighted by molar-refractivity contribution is 6.18. The molecule has 1 aromatic carbocycles. The van der Waals surface area contributed by atoms with Crippen LogP contribution < -0.4 is 15.0 Å². The van der Waals surface area contributed by atoms with Crippen LogP contribution in [0.1, 0.15) is 35.6 Å². The van der Waals surface area contributed by atoms with E-state index in [4.69, 9.17) is 21.1 Å².